The molecule has 108 valence electrons. The van der Waals surface area contributed by atoms with Gasteiger partial charge in [-0.3, -0.25) is 4.68 Å². The molecule has 3 rings (SSSR count). The van der Waals surface area contributed by atoms with E-state index in [0.717, 1.165) is 11.9 Å². The Morgan fingerprint density at radius 2 is 1.71 bits per heavy atom. The summed E-state index contributed by atoms with van der Waals surface area (Å²) in [5, 5.41) is 6.06. The van der Waals surface area contributed by atoms with Crippen LogP contribution in [0.2, 0.25) is 0 Å². The van der Waals surface area contributed by atoms with E-state index in [1.807, 2.05) is 11.7 Å². The molecule has 3 aromatic rings. The van der Waals surface area contributed by atoms with Gasteiger partial charge in [0.1, 0.15) is 5.52 Å². The number of aryl methyl sites for hydroxylation is 5. The standard InChI is InChI=1S/C19H22N2/c1-6-17-15-8-7-9-16(19(15)20-21(17)5)18-13(3)10-12(2)11-14(18)4/h7-11H,6H2,1-5H3. The lowest BCUT2D eigenvalue weighted by atomic mass is 9.92. The number of hydrogen-bond acceptors (Lipinski definition) is 1. The minimum absolute atomic E-state index is 1.00. The van der Waals surface area contributed by atoms with E-state index in [4.69, 9.17) is 5.10 Å². The van der Waals surface area contributed by atoms with Gasteiger partial charge in [-0.15, -0.1) is 0 Å². The fourth-order valence-electron chi connectivity index (χ4n) is 3.49. The lowest BCUT2D eigenvalue weighted by molar-refractivity contribution is 0.728. The van der Waals surface area contributed by atoms with Gasteiger partial charge in [0.05, 0.1) is 0 Å². The zero-order valence-electron chi connectivity index (χ0n) is 13.5. The van der Waals surface area contributed by atoms with Crippen molar-refractivity contribution in [1.82, 2.24) is 9.78 Å². The van der Waals surface area contributed by atoms with E-state index in [1.54, 1.807) is 0 Å². The maximum Gasteiger partial charge on any atom is 0.100 e. The Labute approximate surface area is 126 Å². The summed E-state index contributed by atoms with van der Waals surface area (Å²) >= 11 is 0. The van der Waals surface area contributed by atoms with E-state index in [1.165, 1.54) is 38.9 Å². The molecule has 0 atom stereocenters. The second-order valence-corrected chi connectivity index (χ2v) is 5.90. The van der Waals surface area contributed by atoms with Gasteiger partial charge in [0, 0.05) is 23.7 Å². The molecule has 0 aliphatic carbocycles. The van der Waals surface area contributed by atoms with Crippen molar-refractivity contribution in [3.8, 4) is 11.1 Å². The van der Waals surface area contributed by atoms with Crippen LogP contribution in [0.5, 0.6) is 0 Å². The van der Waals surface area contributed by atoms with Crippen molar-refractivity contribution < 1.29 is 0 Å². The van der Waals surface area contributed by atoms with Crippen LogP contribution in [0.3, 0.4) is 0 Å². The first-order chi connectivity index (χ1) is 10.0. The number of rotatable bonds is 2. The van der Waals surface area contributed by atoms with Crippen LogP contribution in [0, 0.1) is 20.8 Å². The van der Waals surface area contributed by atoms with Gasteiger partial charge in [0.2, 0.25) is 0 Å². The van der Waals surface area contributed by atoms with Gasteiger partial charge >= 0.3 is 0 Å². The Morgan fingerprint density at radius 3 is 2.33 bits per heavy atom. The molecule has 0 saturated carbocycles. The molecule has 0 aliphatic rings. The Morgan fingerprint density at radius 1 is 1.05 bits per heavy atom. The summed E-state index contributed by atoms with van der Waals surface area (Å²) < 4.78 is 2.02. The Kier molecular flexibility index (Phi) is 3.32. The van der Waals surface area contributed by atoms with Gasteiger partial charge in [0.25, 0.3) is 0 Å². The van der Waals surface area contributed by atoms with Crippen molar-refractivity contribution in [2.75, 3.05) is 0 Å². The molecule has 0 saturated heterocycles. The van der Waals surface area contributed by atoms with Gasteiger partial charge in [-0.1, -0.05) is 42.8 Å². The third-order valence-corrected chi connectivity index (χ3v) is 4.27. The van der Waals surface area contributed by atoms with Gasteiger partial charge in [-0.25, -0.2) is 0 Å². The highest BCUT2D eigenvalue weighted by Crippen LogP contribution is 2.34. The zero-order chi connectivity index (χ0) is 15.1. The van der Waals surface area contributed by atoms with Crippen molar-refractivity contribution in [1.29, 1.82) is 0 Å². The molecule has 0 bridgehead atoms. The highest BCUT2D eigenvalue weighted by molar-refractivity contribution is 5.96. The molecule has 0 fully saturated rings. The molecule has 2 nitrogen and oxygen atoms in total. The number of fused-ring (bicyclic) bond motifs is 1. The smallest absolute Gasteiger partial charge is 0.100 e. The van der Waals surface area contributed by atoms with E-state index in [0.29, 0.717) is 0 Å². The number of benzene rings is 2. The molecule has 21 heavy (non-hydrogen) atoms. The fourth-order valence-corrected chi connectivity index (χ4v) is 3.49. The fraction of sp³-hybridized carbons (Fsp3) is 0.316. The summed E-state index contributed by atoms with van der Waals surface area (Å²) in [6, 6.07) is 11.0. The Bertz CT molecular complexity index is 802. The van der Waals surface area contributed by atoms with Gasteiger partial charge in [-0.2, -0.15) is 5.10 Å². The third kappa shape index (κ3) is 2.15. The second kappa shape index (κ2) is 5.03. The SMILES string of the molecule is CCc1c2cccc(-c3c(C)cc(C)cc3C)c2nn1C. The average Bonchev–Trinajstić information content (AvgIpc) is 2.73. The van der Waals surface area contributed by atoms with Crippen LogP contribution >= 0.6 is 0 Å². The minimum atomic E-state index is 1.00. The highest BCUT2D eigenvalue weighted by atomic mass is 15.3. The lowest BCUT2D eigenvalue weighted by Gasteiger charge is -2.12. The van der Waals surface area contributed by atoms with Crippen molar-refractivity contribution in [2.24, 2.45) is 7.05 Å². The first-order valence-electron chi connectivity index (χ1n) is 7.55. The van der Waals surface area contributed by atoms with E-state index >= 15 is 0 Å². The molecule has 1 heterocycles. The van der Waals surface area contributed by atoms with Gasteiger partial charge < -0.3 is 0 Å². The molecule has 0 amide bonds. The van der Waals surface area contributed by atoms with E-state index in [2.05, 4.69) is 58.0 Å². The summed E-state index contributed by atoms with van der Waals surface area (Å²) in [6.45, 7) is 8.72. The molecule has 1 aromatic heterocycles. The summed E-state index contributed by atoms with van der Waals surface area (Å²) in [5.74, 6) is 0. The maximum absolute atomic E-state index is 4.78. The molecule has 0 N–H and O–H groups in total. The largest absolute Gasteiger partial charge is 0.271 e. The molecular weight excluding hydrogens is 256 g/mol. The van der Waals surface area contributed by atoms with Gasteiger partial charge in [0.15, 0.2) is 0 Å². The first-order valence-corrected chi connectivity index (χ1v) is 7.55. The monoisotopic (exact) mass is 278 g/mol. The summed E-state index contributed by atoms with van der Waals surface area (Å²) in [4.78, 5) is 0. The van der Waals surface area contributed by atoms with Crippen LogP contribution in [0.4, 0.5) is 0 Å². The van der Waals surface area contributed by atoms with Crippen molar-refractivity contribution in [3.63, 3.8) is 0 Å². The molecule has 2 aromatic carbocycles. The molecule has 0 radical (unpaired) electrons. The Balaban J connectivity index is 2.37. The van der Waals surface area contributed by atoms with Crippen molar-refractivity contribution in [3.05, 3.63) is 52.7 Å². The van der Waals surface area contributed by atoms with Crippen LogP contribution < -0.4 is 0 Å². The second-order valence-electron chi connectivity index (χ2n) is 5.90. The van der Waals surface area contributed by atoms with Crippen molar-refractivity contribution in [2.45, 2.75) is 34.1 Å². The van der Waals surface area contributed by atoms with Crippen molar-refractivity contribution >= 4 is 10.9 Å². The number of nitrogens with zero attached hydrogens (tertiary/aromatic N) is 2. The van der Waals surface area contributed by atoms with Crippen LogP contribution in [-0.4, -0.2) is 9.78 Å². The normalized spacial score (nSPS) is 11.3. The summed E-state index contributed by atoms with van der Waals surface area (Å²) in [6.07, 6.45) is 1.00. The van der Waals surface area contributed by atoms with E-state index in [9.17, 15) is 0 Å². The molecule has 0 aliphatic heterocycles. The highest BCUT2D eigenvalue weighted by Gasteiger charge is 2.15. The first kappa shape index (κ1) is 13.9. The average molecular weight is 278 g/mol. The van der Waals surface area contributed by atoms with Crippen LogP contribution in [0.1, 0.15) is 29.3 Å². The topological polar surface area (TPSA) is 17.8 Å². The summed E-state index contributed by atoms with van der Waals surface area (Å²) in [7, 11) is 2.04. The van der Waals surface area contributed by atoms with Crippen LogP contribution in [0.25, 0.3) is 22.0 Å². The van der Waals surface area contributed by atoms with Gasteiger partial charge in [-0.05, 0) is 43.9 Å². The molecule has 0 unspecified atom stereocenters. The lowest BCUT2D eigenvalue weighted by Crippen LogP contribution is -1.95. The predicted octanol–water partition coefficient (Wildman–Crippen LogP) is 4.73. The van der Waals surface area contributed by atoms with E-state index in [-0.39, 0.29) is 0 Å². The van der Waals surface area contributed by atoms with Crippen LogP contribution in [-0.2, 0) is 13.5 Å². The molecule has 0 spiro atoms. The van der Waals surface area contributed by atoms with E-state index < -0.39 is 0 Å². The minimum Gasteiger partial charge on any atom is -0.271 e. The molecule has 2 heteroatoms. The number of hydrogen-bond donors (Lipinski definition) is 0. The number of aromatic nitrogens is 2. The summed E-state index contributed by atoms with van der Waals surface area (Å²) in [5.41, 5.74) is 8.95. The predicted molar refractivity (Wildman–Crippen MR) is 89.7 cm³/mol. The third-order valence-electron chi connectivity index (χ3n) is 4.27. The zero-order valence-corrected chi connectivity index (χ0v) is 13.5. The Hall–Kier alpha value is -2.09. The maximum atomic E-state index is 4.78. The molecular formula is C19H22N2. The quantitative estimate of drug-likeness (QED) is 0.662. The van der Waals surface area contributed by atoms with Crippen LogP contribution in [0.15, 0.2) is 30.3 Å².